The summed E-state index contributed by atoms with van der Waals surface area (Å²) < 4.78 is 26.5. The van der Waals surface area contributed by atoms with Gasteiger partial charge in [-0.25, -0.2) is 8.78 Å². The minimum Gasteiger partial charge on any atom is -0.339 e. The fourth-order valence-electron chi connectivity index (χ4n) is 3.43. The lowest BCUT2D eigenvalue weighted by molar-refractivity contribution is -0.124. The van der Waals surface area contributed by atoms with Crippen molar-refractivity contribution in [2.24, 2.45) is 5.92 Å². The molecule has 0 aromatic heterocycles. The van der Waals surface area contributed by atoms with E-state index in [1.165, 1.54) is 0 Å². The van der Waals surface area contributed by atoms with E-state index in [0.717, 1.165) is 12.8 Å². The third-order valence-corrected chi connectivity index (χ3v) is 5.19. The Labute approximate surface area is 150 Å². The number of rotatable bonds is 3. The van der Waals surface area contributed by atoms with Crippen LogP contribution >= 0.6 is 11.6 Å². The van der Waals surface area contributed by atoms with E-state index in [-0.39, 0.29) is 37.5 Å². The summed E-state index contributed by atoms with van der Waals surface area (Å²) in [4.78, 5) is 26.9. The van der Waals surface area contributed by atoms with E-state index in [1.807, 2.05) is 0 Å². The highest BCUT2D eigenvalue weighted by atomic mass is 35.5. The van der Waals surface area contributed by atoms with Crippen LogP contribution < -0.4 is 5.32 Å². The van der Waals surface area contributed by atoms with E-state index in [2.05, 4.69) is 5.32 Å². The van der Waals surface area contributed by atoms with Gasteiger partial charge in [-0.15, -0.1) is 0 Å². The Hall–Kier alpha value is -1.69. The highest BCUT2D eigenvalue weighted by molar-refractivity contribution is 6.31. The van der Waals surface area contributed by atoms with Gasteiger partial charge in [0.05, 0.1) is 11.3 Å². The summed E-state index contributed by atoms with van der Waals surface area (Å²) in [5.41, 5.74) is 0.743. The van der Waals surface area contributed by atoms with Crippen LogP contribution in [0.1, 0.15) is 48.9 Å². The summed E-state index contributed by atoms with van der Waals surface area (Å²) in [6.45, 7) is 1.40. The maximum atomic E-state index is 13.3. The molecule has 25 heavy (non-hydrogen) atoms. The van der Waals surface area contributed by atoms with Gasteiger partial charge in [0.1, 0.15) is 0 Å². The smallest absolute Gasteiger partial charge is 0.255 e. The quantitative estimate of drug-likeness (QED) is 0.860. The number of carbonyl (C=O) groups is 2. The number of likely N-dealkylation sites (tertiary alicyclic amines) is 1. The first kappa shape index (κ1) is 18.1. The predicted octanol–water partition coefficient (Wildman–Crippen LogP) is 4.34. The van der Waals surface area contributed by atoms with Crippen molar-refractivity contribution in [3.63, 3.8) is 0 Å². The molecule has 0 atom stereocenters. The SMILES string of the molecule is O=C(Nc1cc(Cl)ccc1C(=O)N1CCCC1)C1CCC(F)(F)CC1. The zero-order valence-corrected chi connectivity index (χ0v) is 14.6. The molecular weight excluding hydrogens is 350 g/mol. The highest BCUT2D eigenvalue weighted by Gasteiger charge is 2.37. The van der Waals surface area contributed by atoms with Crippen molar-refractivity contribution in [3.8, 4) is 0 Å². The molecule has 1 aliphatic heterocycles. The number of alkyl halides is 2. The van der Waals surface area contributed by atoms with Crippen LogP contribution in [0.5, 0.6) is 0 Å². The minimum absolute atomic E-state index is 0.139. The van der Waals surface area contributed by atoms with E-state index in [1.54, 1.807) is 23.1 Å². The fraction of sp³-hybridized carbons (Fsp3) is 0.556. The monoisotopic (exact) mass is 370 g/mol. The molecule has 0 bridgehead atoms. The minimum atomic E-state index is -2.68. The third-order valence-electron chi connectivity index (χ3n) is 4.95. The Bertz CT molecular complexity index is 665. The number of nitrogens with zero attached hydrogens (tertiary/aromatic N) is 1. The molecule has 7 heteroatoms. The van der Waals surface area contributed by atoms with Gasteiger partial charge in [0.2, 0.25) is 11.8 Å². The lowest BCUT2D eigenvalue weighted by Crippen LogP contribution is -2.33. The molecule has 0 unspecified atom stereocenters. The van der Waals surface area contributed by atoms with Crippen molar-refractivity contribution in [1.29, 1.82) is 0 Å². The first-order valence-corrected chi connectivity index (χ1v) is 9.01. The van der Waals surface area contributed by atoms with Crippen LogP contribution in [0, 0.1) is 5.92 Å². The van der Waals surface area contributed by atoms with Crippen LogP contribution in [-0.4, -0.2) is 35.7 Å². The number of amides is 2. The van der Waals surface area contributed by atoms with E-state index < -0.39 is 11.8 Å². The number of hydrogen-bond acceptors (Lipinski definition) is 2. The average molecular weight is 371 g/mol. The summed E-state index contributed by atoms with van der Waals surface area (Å²) in [5.74, 6) is -3.61. The van der Waals surface area contributed by atoms with Crippen LogP contribution in [0.3, 0.4) is 0 Å². The molecule has 2 amide bonds. The molecular formula is C18H21ClF2N2O2. The van der Waals surface area contributed by atoms with Gasteiger partial charge in [0, 0.05) is 36.9 Å². The molecule has 4 nitrogen and oxygen atoms in total. The summed E-state index contributed by atoms with van der Waals surface area (Å²) in [5, 5.41) is 3.14. The highest BCUT2D eigenvalue weighted by Crippen LogP contribution is 2.37. The topological polar surface area (TPSA) is 49.4 Å². The molecule has 1 aromatic carbocycles. The van der Waals surface area contributed by atoms with Crippen molar-refractivity contribution < 1.29 is 18.4 Å². The Morgan fingerprint density at radius 2 is 1.80 bits per heavy atom. The van der Waals surface area contributed by atoms with Gasteiger partial charge >= 0.3 is 0 Å². The van der Waals surface area contributed by atoms with Crippen LogP contribution in [0.25, 0.3) is 0 Å². The lowest BCUT2D eigenvalue weighted by atomic mass is 9.86. The number of nitrogens with one attached hydrogen (secondary N) is 1. The lowest BCUT2D eigenvalue weighted by Gasteiger charge is -2.27. The van der Waals surface area contributed by atoms with E-state index in [4.69, 9.17) is 11.6 Å². The number of benzene rings is 1. The number of halogens is 3. The Morgan fingerprint density at radius 3 is 2.44 bits per heavy atom. The third kappa shape index (κ3) is 4.29. The first-order valence-electron chi connectivity index (χ1n) is 8.63. The van der Waals surface area contributed by atoms with Crippen molar-refractivity contribution in [2.75, 3.05) is 18.4 Å². The summed E-state index contributed by atoms with van der Waals surface area (Å²) in [6, 6.07) is 4.76. The number of carbonyl (C=O) groups excluding carboxylic acids is 2. The van der Waals surface area contributed by atoms with Crippen molar-refractivity contribution in [2.45, 2.75) is 44.4 Å². The van der Waals surface area contributed by atoms with Gasteiger partial charge < -0.3 is 10.2 Å². The second-order valence-corrected chi connectivity index (χ2v) is 7.25. The maximum Gasteiger partial charge on any atom is 0.255 e. The molecule has 1 heterocycles. The van der Waals surface area contributed by atoms with Crippen LogP contribution in [-0.2, 0) is 4.79 Å². The Balaban J connectivity index is 1.74. The molecule has 0 radical (unpaired) electrons. The molecule has 2 fully saturated rings. The molecule has 1 saturated carbocycles. The van der Waals surface area contributed by atoms with Gasteiger partial charge in [-0.3, -0.25) is 9.59 Å². The van der Waals surface area contributed by atoms with Crippen LogP contribution in [0.4, 0.5) is 14.5 Å². The standard InChI is InChI=1S/C18H21ClF2N2O2/c19-13-3-4-14(17(25)23-9-1-2-10-23)15(11-13)22-16(24)12-5-7-18(20,21)8-6-12/h3-4,11-12H,1-2,5-10H2,(H,22,24). The molecule has 136 valence electrons. The molecule has 1 saturated heterocycles. The number of anilines is 1. The normalized spacial score (nSPS) is 20.5. The zero-order valence-electron chi connectivity index (χ0n) is 13.9. The number of hydrogen-bond donors (Lipinski definition) is 1. The van der Waals surface area contributed by atoms with Gasteiger partial charge in [-0.1, -0.05) is 11.6 Å². The second kappa shape index (κ2) is 7.28. The molecule has 3 rings (SSSR count). The largest absolute Gasteiger partial charge is 0.339 e. The van der Waals surface area contributed by atoms with Gasteiger partial charge in [0.15, 0.2) is 0 Å². The molecule has 0 spiro atoms. The van der Waals surface area contributed by atoms with Crippen molar-refractivity contribution in [1.82, 2.24) is 4.90 Å². The van der Waals surface area contributed by atoms with Crippen LogP contribution in [0.2, 0.25) is 5.02 Å². The van der Waals surface area contributed by atoms with Crippen molar-refractivity contribution >= 4 is 29.1 Å². The van der Waals surface area contributed by atoms with E-state index in [9.17, 15) is 18.4 Å². The van der Waals surface area contributed by atoms with E-state index in [0.29, 0.717) is 29.4 Å². The van der Waals surface area contributed by atoms with Gasteiger partial charge in [-0.05, 0) is 43.9 Å². The summed E-state index contributed by atoms with van der Waals surface area (Å²) in [6.07, 6.45) is 1.68. The van der Waals surface area contributed by atoms with Crippen molar-refractivity contribution in [3.05, 3.63) is 28.8 Å². The van der Waals surface area contributed by atoms with Crippen LogP contribution in [0.15, 0.2) is 18.2 Å². The van der Waals surface area contributed by atoms with Gasteiger partial charge in [0.25, 0.3) is 5.91 Å². The maximum absolute atomic E-state index is 13.3. The average Bonchev–Trinajstić information content (AvgIpc) is 3.08. The molecule has 1 aromatic rings. The summed E-state index contributed by atoms with van der Waals surface area (Å²) >= 11 is 6.01. The Morgan fingerprint density at radius 1 is 1.16 bits per heavy atom. The zero-order chi connectivity index (χ0) is 18.0. The molecule has 2 aliphatic rings. The molecule has 1 N–H and O–H groups in total. The first-order chi connectivity index (χ1) is 11.9. The predicted molar refractivity (Wildman–Crippen MR) is 92.1 cm³/mol. The second-order valence-electron chi connectivity index (χ2n) is 6.81. The summed E-state index contributed by atoms with van der Waals surface area (Å²) in [7, 11) is 0. The fourth-order valence-corrected chi connectivity index (χ4v) is 3.61. The molecule has 1 aliphatic carbocycles. The Kier molecular flexibility index (Phi) is 5.27. The van der Waals surface area contributed by atoms with E-state index >= 15 is 0 Å². The van der Waals surface area contributed by atoms with Gasteiger partial charge in [-0.2, -0.15) is 0 Å².